The average Bonchev–Trinajstić information content (AvgIpc) is 3.01. The number of aryl methyl sites for hydroxylation is 4. The fourth-order valence-corrected chi connectivity index (χ4v) is 4.53. The van der Waals surface area contributed by atoms with Gasteiger partial charge in [0.15, 0.2) is 5.78 Å². The van der Waals surface area contributed by atoms with E-state index in [1.165, 1.54) is 0 Å². The molecule has 4 aromatic rings. The molecule has 5 rings (SSSR count). The Labute approximate surface area is 215 Å². The van der Waals surface area contributed by atoms with Crippen LogP contribution in [0.3, 0.4) is 0 Å². The highest BCUT2D eigenvalue weighted by molar-refractivity contribution is 6.31. The molecule has 0 fully saturated rings. The minimum atomic E-state index is -0.873. The van der Waals surface area contributed by atoms with Crippen LogP contribution in [0.2, 0.25) is 10.0 Å². The SMILES string of the molecule is O=C(O)c1ccccc1CCc1ccc(Cl)cc1.O=C1c2ccccc2CCc2ccc(Cl)cc21. The van der Waals surface area contributed by atoms with Crippen molar-refractivity contribution in [2.75, 3.05) is 0 Å². The molecule has 0 spiro atoms. The van der Waals surface area contributed by atoms with Crippen LogP contribution in [0.25, 0.3) is 0 Å². The Hall–Kier alpha value is -3.40. The van der Waals surface area contributed by atoms with E-state index in [0.29, 0.717) is 22.0 Å². The molecule has 0 amide bonds. The summed E-state index contributed by atoms with van der Waals surface area (Å²) in [5, 5.41) is 10.4. The van der Waals surface area contributed by atoms with E-state index in [2.05, 4.69) is 0 Å². The lowest BCUT2D eigenvalue weighted by atomic mass is 9.99. The second-order valence-corrected chi connectivity index (χ2v) is 9.25. The largest absolute Gasteiger partial charge is 0.478 e. The lowest BCUT2D eigenvalue weighted by Crippen LogP contribution is -2.03. The van der Waals surface area contributed by atoms with E-state index in [-0.39, 0.29) is 5.78 Å². The maximum atomic E-state index is 12.4. The molecule has 0 bridgehead atoms. The number of aromatic carboxylic acids is 1. The zero-order chi connectivity index (χ0) is 24.8. The molecule has 35 heavy (non-hydrogen) atoms. The number of ketones is 1. The summed E-state index contributed by atoms with van der Waals surface area (Å²) in [7, 11) is 0. The number of carboxylic acid groups (broad SMARTS) is 1. The topological polar surface area (TPSA) is 54.4 Å². The Morgan fingerprint density at radius 3 is 2.09 bits per heavy atom. The molecule has 176 valence electrons. The summed E-state index contributed by atoms with van der Waals surface area (Å²) < 4.78 is 0. The molecule has 1 aliphatic carbocycles. The molecule has 0 radical (unpaired) electrons. The average molecular weight is 503 g/mol. The third kappa shape index (κ3) is 6.19. The predicted octanol–water partition coefficient (Wildman–Crippen LogP) is 7.49. The van der Waals surface area contributed by atoms with E-state index >= 15 is 0 Å². The molecule has 0 atom stereocenters. The van der Waals surface area contributed by atoms with Crippen LogP contribution >= 0.6 is 23.2 Å². The van der Waals surface area contributed by atoms with Gasteiger partial charge in [-0.15, -0.1) is 0 Å². The van der Waals surface area contributed by atoms with Gasteiger partial charge in [0.2, 0.25) is 0 Å². The van der Waals surface area contributed by atoms with E-state index in [4.69, 9.17) is 28.3 Å². The highest BCUT2D eigenvalue weighted by Gasteiger charge is 2.20. The summed E-state index contributed by atoms with van der Waals surface area (Å²) in [6.07, 6.45) is 3.33. The fourth-order valence-electron chi connectivity index (χ4n) is 4.23. The molecule has 0 aliphatic heterocycles. The Balaban J connectivity index is 0.000000165. The Kier molecular flexibility index (Phi) is 8.02. The first-order valence-electron chi connectivity index (χ1n) is 11.4. The predicted molar refractivity (Wildman–Crippen MR) is 141 cm³/mol. The van der Waals surface area contributed by atoms with Gasteiger partial charge in [0.25, 0.3) is 0 Å². The summed E-state index contributed by atoms with van der Waals surface area (Å²) in [5.41, 5.74) is 6.18. The molecule has 0 unspecified atom stereocenters. The molecule has 1 N–H and O–H groups in total. The summed E-state index contributed by atoms with van der Waals surface area (Å²) in [4.78, 5) is 23.5. The van der Waals surface area contributed by atoms with Gasteiger partial charge in [0.1, 0.15) is 0 Å². The van der Waals surface area contributed by atoms with Crippen LogP contribution in [0.5, 0.6) is 0 Å². The molecule has 0 saturated carbocycles. The minimum absolute atomic E-state index is 0.0931. The standard InChI is InChI=1S/C15H13ClO2.C15H11ClO/c16-13-9-6-11(7-10-13)5-8-12-3-1-2-4-14(12)15(17)18;16-12-8-7-11-6-5-10-3-1-2-4-13(10)15(17)14(11)9-12/h1-4,6-7,9-10H,5,8H2,(H,17,18);1-4,7-9H,5-6H2. The molecule has 5 heteroatoms. The lowest BCUT2D eigenvalue weighted by molar-refractivity contribution is 0.0695. The monoisotopic (exact) mass is 502 g/mol. The number of halogens is 2. The highest BCUT2D eigenvalue weighted by Crippen LogP contribution is 2.26. The second kappa shape index (κ2) is 11.4. The molecule has 0 aromatic heterocycles. The van der Waals surface area contributed by atoms with Gasteiger partial charge in [-0.25, -0.2) is 4.79 Å². The van der Waals surface area contributed by atoms with Crippen LogP contribution in [-0.2, 0) is 25.7 Å². The molecule has 1 aliphatic rings. The van der Waals surface area contributed by atoms with Gasteiger partial charge in [-0.2, -0.15) is 0 Å². The van der Waals surface area contributed by atoms with Crippen LogP contribution in [-0.4, -0.2) is 16.9 Å². The van der Waals surface area contributed by atoms with Gasteiger partial charge in [-0.3, -0.25) is 4.79 Å². The van der Waals surface area contributed by atoms with Gasteiger partial charge in [0, 0.05) is 21.2 Å². The molecule has 0 heterocycles. The number of hydrogen-bond acceptors (Lipinski definition) is 2. The first-order valence-corrected chi connectivity index (χ1v) is 12.1. The Morgan fingerprint density at radius 1 is 0.714 bits per heavy atom. The molecule has 4 aromatic carbocycles. The number of carboxylic acids is 1. The molecular weight excluding hydrogens is 479 g/mol. The minimum Gasteiger partial charge on any atom is -0.478 e. The zero-order valence-electron chi connectivity index (χ0n) is 19.0. The number of carbonyl (C=O) groups excluding carboxylic acids is 1. The van der Waals surface area contributed by atoms with Crippen molar-refractivity contribution in [1.82, 2.24) is 0 Å². The first-order chi connectivity index (χ1) is 16.9. The van der Waals surface area contributed by atoms with E-state index in [1.54, 1.807) is 18.2 Å². The second-order valence-electron chi connectivity index (χ2n) is 8.38. The van der Waals surface area contributed by atoms with Gasteiger partial charge in [-0.05, 0) is 78.3 Å². The van der Waals surface area contributed by atoms with E-state index in [9.17, 15) is 9.59 Å². The number of fused-ring (bicyclic) bond motifs is 2. The number of benzene rings is 4. The van der Waals surface area contributed by atoms with Gasteiger partial charge in [0.05, 0.1) is 5.56 Å². The van der Waals surface area contributed by atoms with Crippen LogP contribution < -0.4 is 0 Å². The smallest absolute Gasteiger partial charge is 0.335 e. The van der Waals surface area contributed by atoms with E-state index in [0.717, 1.165) is 52.6 Å². The van der Waals surface area contributed by atoms with Crippen LogP contribution in [0.4, 0.5) is 0 Å². The molecular formula is C30H24Cl2O3. The van der Waals surface area contributed by atoms with E-state index < -0.39 is 5.97 Å². The maximum absolute atomic E-state index is 12.4. The zero-order valence-corrected chi connectivity index (χ0v) is 20.5. The summed E-state index contributed by atoms with van der Waals surface area (Å²) in [5.74, 6) is -0.780. The molecule has 3 nitrogen and oxygen atoms in total. The molecule has 0 saturated heterocycles. The van der Waals surface area contributed by atoms with Crippen LogP contribution in [0, 0.1) is 0 Å². The number of rotatable bonds is 4. The van der Waals surface area contributed by atoms with E-state index in [1.807, 2.05) is 72.8 Å². The van der Waals surface area contributed by atoms with Crippen molar-refractivity contribution in [3.8, 4) is 0 Å². The van der Waals surface area contributed by atoms with Gasteiger partial charge < -0.3 is 5.11 Å². The number of carbonyl (C=O) groups is 2. The van der Waals surface area contributed by atoms with Crippen molar-refractivity contribution < 1.29 is 14.7 Å². The summed E-state index contributed by atoms with van der Waals surface area (Å²) >= 11 is 11.8. The Morgan fingerprint density at radius 2 is 1.34 bits per heavy atom. The fraction of sp³-hybridized carbons (Fsp3) is 0.133. The summed E-state index contributed by atoms with van der Waals surface area (Å²) in [6, 6.07) is 28.1. The highest BCUT2D eigenvalue weighted by atomic mass is 35.5. The Bertz CT molecular complexity index is 1360. The maximum Gasteiger partial charge on any atom is 0.335 e. The van der Waals surface area contributed by atoms with Crippen LogP contribution in [0.1, 0.15) is 48.5 Å². The number of hydrogen-bond donors (Lipinski definition) is 1. The first kappa shape index (κ1) is 24.7. The third-order valence-corrected chi connectivity index (χ3v) is 6.57. The van der Waals surface area contributed by atoms with Gasteiger partial charge >= 0.3 is 5.97 Å². The van der Waals surface area contributed by atoms with Crippen LogP contribution in [0.15, 0.2) is 91.0 Å². The van der Waals surface area contributed by atoms with Crippen molar-refractivity contribution in [3.63, 3.8) is 0 Å². The van der Waals surface area contributed by atoms with Crippen molar-refractivity contribution in [3.05, 3.63) is 140 Å². The van der Waals surface area contributed by atoms with Crippen molar-refractivity contribution >= 4 is 35.0 Å². The van der Waals surface area contributed by atoms with Crippen molar-refractivity contribution in [2.45, 2.75) is 25.7 Å². The van der Waals surface area contributed by atoms with Crippen molar-refractivity contribution in [2.24, 2.45) is 0 Å². The van der Waals surface area contributed by atoms with Crippen molar-refractivity contribution in [1.29, 1.82) is 0 Å². The lowest BCUT2D eigenvalue weighted by Gasteiger charge is -2.06. The normalized spacial score (nSPS) is 12.0. The summed E-state index contributed by atoms with van der Waals surface area (Å²) in [6.45, 7) is 0. The van der Waals surface area contributed by atoms with Gasteiger partial charge in [-0.1, -0.05) is 83.9 Å². The quantitative estimate of drug-likeness (QED) is 0.314. The third-order valence-electron chi connectivity index (χ3n) is 6.09.